The van der Waals surface area contributed by atoms with Crippen LogP contribution in [0.5, 0.6) is 0 Å². The first-order chi connectivity index (χ1) is 10.3. The monoisotopic (exact) mass is 270 g/mol. The van der Waals surface area contributed by atoms with Crippen LogP contribution in [0.4, 0.5) is 0 Å². The molecule has 0 spiro atoms. The molecule has 0 fully saturated rings. The standard InChI is InChI=1S/C19H14N2/c1-14-4-2-5-17(12-14)19-18(6-3-11-21-19)16-9-7-15(13-20)8-10-16/h2-12H,1H3. The van der Waals surface area contributed by atoms with Crippen LogP contribution >= 0.6 is 0 Å². The third kappa shape index (κ3) is 2.68. The lowest BCUT2D eigenvalue weighted by atomic mass is 9.98. The highest BCUT2D eigenvalue weighted by Gasteiger charge is 2.08. The molecule has 2 heteroatoms. The van der Waals surface area contributed by atoms with E-state index in [9.17, 15) is 0 Å². The summed E-state index contributed by atoms with van der Waals surface area (Å²) in [6.07, 6.45) is 1.81. The van der Waals surface area contributed by atoms with Crippen molar-refractivity contribution in [2.45, 2.75) is 6.92 Å². The molecule has 3 rings (SSSR count). The minimum Gasteiger partial charge on any atom is -0.256 e. The Balaban J connectivity index is 2.13. The Hall–Kier alpha value is -2.92. The molecule has 0 aliphatic heterocycles. The highest BCUT2D eigenvalue weighted by molar-refractivity contribution is 5.80. The van der Waals surface area contributed by atoms with Gasteiger partial charge in [0.25, 0.3) is 0 Å². The second kappa shape index (κ2) is 5.60. The normalized spacial score (nSPS) is 10.1. The Morgan fingerprint density at radius 1 is 0.905 bits per heavy atom. The van der Waals surface area contributed by atoms with E-state index in [1.165, 1.54) is 5.56 Å². The predicted octanol–water partition coefficient (Wildman–Crippen LogP) is 4.60. The van der Waals surface area contributed by atoms with Crippen LogP contribution in [0.15, 0.2) is 66.9 Å². The van der Waals surface area contributed by atoms with E-state index in [-0.39, 0.29) is 0 Å². The van der Waals surface area contributed by atoms with Crippen LogP contribution < -0.4 is 0 Å². The van der Waals surface area contributed by atoms with Gasteiger partial charge in [-0.05, 0) is 36.8 Å². The Labute approximate surface area is 124 Å². The lowest BCUT2D eigenvalue weighted by molar-refractivity contribution is 1.32. The second-order valence-corrected chi connectivity index (χ2v) is 4.96. The quantitative estimate of drug-likeness (QED) is 0.682. The van der Waals surface area contributed by atoms with E-state index < -0.39 is 0 Å². The fraction of sp³-hybridized carbons (Fsp3) is 0.0526. The van der Waals surface area contributed by atoms with E-state index in [1.807, 2.05) is 42.6 Å². The van der Waals surface area contributed by atoms with Gasteiger partial charge in [0.05, 0.1) is 17.3 Å². The first kappa shape index (κ1) is 13.1. The first-order valence-corrected chi connectivity index (χ1v) is 6.80. The first-order valence-electron chi connectivity index (χ1n) is 6.80. The van der Waals surface area contributed by atoms with Crippen LogP contribution in [-0.2, 0) is 0 Å². The highest BCUT2D eigenvalue weighted by atomic mass is 14.7. The zero-order chi connectivity index (χ0) is 14.7. The summed E-state index contributed by atoms with van der Waals surface area (Å²) in [6.45, 7) is 2.08. The molecule has 3 aromatic rings. The highest BCUT2D eigenvalue weighted by Crippen LogP contribution is 2.30. The zero-order valence-corrected chi connectivity index (χ0v) is 11.7. The van der Waals surface area contributed by atoms with Crippen LogP contribution in [0.3, 0.4) is 0 Å². The smallest absolute Gasteiger partial charge is 0.0991 e. The van der Waals surface area contributed by atoms with Gasteiger partial charge in [-0.3, -0.25) is 4.98 Å². The number of aryl methyl sites for hydroxylation is 1. The number of hydrogen-bond donors (Lipinski definition) is 0. The van der Waals surface area contributed by atoms with Gasteiger partial charge in [0.2, 0.25) is 0 Å². The van der Waals surface area contributed by atoms with Crippen LogP contribution in [0, 0.1) is 18.3 Å². The summed E-state index contributed by atoms with van der Waals surface area (Å²) >= 11 is 0. The maximum atomic E-state index is 8.90. The molecular weight excluding hydrogens is 256 g/mol. The van der Waals surface area contributed by atoms with Gasteiger partial charge in [-0.15, -0.1) is 0 Å². The van der Waals surface area contributed by atoms with Crippen molar-refractivity contribution in [1.29, 1.82) is 5.26 Å². The Morgan fingerprint density at radius 2 is 1.71 bits per heavy atom. The minimum absolute atomic E-state index is 0.666. The molecule has 0 radical (unpaired) electrons. The van der Waals surface area contributed by atoms with Gasteiger partial charge in [-0.25, -0.2) is 0 Å². The van der Waals surface area contributed by atoms with Crippen molar-refractivity contribution in [3.63, 3.8) is 0 Å². The van der Waals surface area contributed by atoms with Crippen molar-refractivity contribution < 1.29 is 0 Å². The van der Waals surface area contributed by atoms with E-state index in [0.717, 1.165) is 22.4 Å². The summed E-state index contributed by atoms with van der Waals surface area (Å²) in [5.41, 5.74) is 6.09. The van der Waals surface area contributed by atoms with Gasteiger partial charge in [-0.1, -0.05) is 42.0 Å². The topological polar surface area (TPSA) is 36.7 Å². The summed E-state index contributed by atoms with van der Waals surface area (Å²) in [5.74, 6) is 0. The molecule has 1 heterocycles. The molecule has 0 saturated heterocycles. The maximum Gasteiger partial charge on any atom is 0.0991 e. The number of pyridine rings is 1. The van der Waals surface area contributed by atoms with E-state index in [2.05, 4.69) is 42.2 Å². The zero-order valence-electron chi connectivity index (χ0n) is 11.7. The molecule has 1 aromatic heterocycles. The largest absolute Gasteiger partial charge is 0.256 e. The Morgan fingerprint density at radius 3 is 2.43 bits per heavy atom. The van der Waals surface area contributed by atoms with Crippen LogP contribution in [0.25, 0.3) is 22.4 Å². The lowest BCUT2D eigenvalue weighted by Crippen LogP contribution is -1.89. The second-order valence-electron chi connectivity index (χ2n) is 4.96. The number of aromatic nitrogens is 1. The molecule has 0 atom stereocenters. The lowest BCUT2D eigenvalue weighted by Gasteiger charge is -2.09. The predicted molar refractivity (Wildman–Crippen MR) is 84.6 cm³/mol. The van der Waals surface area contributed by atoms with Gasteiger partial charge in [0.1, 0.15) is 0 Å². The average molecular weight is 270 g/mol. The van der Waals surface area contributed by atoms with Crippen molar-refractivity contribution in [2.75, 3.05) is 0 Å². The van der Waals surface area contributed by atoms with E-state index >= 15 is 0 Å². The van der Waals surface area contributed by atoms with Gasteiger partial charge in [-0.2, -0.15) is 5.26 Å². The number of nitrogens with zero attached hydrogens (tertiary/aromatic N) is 2. The molecule has 0 bridgehead atoms. The van der Waals surface area contributed by atoms with Gasteiger partial charge in [0, 0.05) is 17.3 Å². The van der Waals surface area contributed by atoms with Crippen LogP contribution in [0.2, 0.25) is 0 Å². The van der Waals surface area contributed by atoms with Crippen molar-refractivity contribution in [2.24, 2.45) is 0 Å². The summed E-state index contributed by atoms with van der Waals surface area (Å²) in [6, 6.07) is 22.1. The van der Waals surface area contributed by atoms with Crippen LogP contribution in [-0.4, -0.2) is 4.98 Å². The van der Waals surface area contributed by atoms with Gasteiger partial charge < -0.3 is 0 Å². The number of benzene rings is 2. The fourth-order valence-corrected chi connectivity index (χ4v) is 2.38. The fourth-order valence-electron chi connectivity index (χ4n) is 2.38. The van der Waals surface area contributed by atoms with E-state index in [0.29, 0.717) is 5.56 Å². The number of nitriles is 1. The molecule has 0 aliphatic rings. The van der Waals surface area contributed by atoms with E-state index in [4.69, 9.17) is 5.26 Å². The molecule has 0 saturated carbocycles. The summed E-state index contributed by atoms with van der Waals surface area (Å²) in [5, 5.41) is 8.90. The third-order valence-corrected chi connectivity index (χ3v) is 3.42. The summed E-state index contributed by atoms with van der Waals surface area (Å²) < 4.78 is 0. The third-order valence-electron chi connectivity index (χ3n) is 3.42. The number of rotatable bonds is 2. The van der Waals surface area contributed by atoms with E-state index in [1.54, 1.807) is 0 Å². The molecule has 100 valence electrons. The van der Waals surface area contributed by atoms with Gasteiger partial charge in [0.15, 0.2) is 0 Å². The number of hydrogen-bond acceptors (Lipinski definition) is 2. The molecule has 0 unspecified atom stereocenters. The van der Waals surface area contributed by atoms with Crippen molar-refractivity contribution >= 4 is 0 Å². The molecule has 0 N–H and O–H groups in total. The molecule has 2 nitrogen and oxygen atoms in total. The Bertz CT molecular complexity index is 811. The molecule has 0 aliphatic carbocycles. The molecular formula is C19H14N2. The Kier molecular flexibility index (Phi) is 3.49. The molecule has 2 aromatic carbocycles. The van der Waals surface area contributed by atoms with Gasteiger partial charge >= 0.3 is 0 Å². The summed E-state index contributed by atoms with van der Waals surface area (Å²) in [7, 11) is 0. The van der Waals surface area contributed by atoms with Crippen molar-refractivity contribution in [3.05, 3.63) is 78.0 Å². The maximum absolute atomic E-state index is 8.90. The minimum atomic E-state index is 0.666. The summed E-state index contributed by atoms with van der Waals surface area (Å²) in [4.78, 5) is 4.54. The molecule has 21 heavy (non-hydrogen) atoms. The SMILES string of the molecule is Cc1cccc(-c2ncccc2-c2ccc(C#N)cc2)c1. The van der Waals surface area contributed by atoms with Crippen molar-refractivity contribution in [1.82, 2.24) is 4.98 Å². The molecule has 0 amide bonds. The van der Waals surface area contributed by atoms with Crippen molar-refractivity contribution in [3.8, 4) is 28.5 Å². The average Bonchev–Trinajstić information content (AvgIpc) is 2.55. The van der Waals surface area contributed by atoms with Crippen LogP contribution in [0.1, 0.15) is 11.1 Å².